The summed E-state index contributed by atoms with van der Waals surface area (Å²) >= 11 is -0.159. The molecule has 2 unspecified atom stereocenters. The number of unbranched alkanes of at least 4 members (excludes halogenated alkanes) is 2. The molecule has 2 N–H and O–H groups in total. The molecule has 0 aliphatic rings. The Morgan fingerprint density at radius 3 is 1.10 bits per heavy atom. The summed E-state index contributed by atoms with van der Waals surface area (Å²) in [6.07, 6.45) is 3.58. The second-order valence-corrected chi connectivity index (χ2v) is 13.3. The van der Waals surface area contributed by atoms with E-state index >= 15 is 0 Å². The van der Waals surface area contributed by atoms with Crippen molar-refractivity contribution >= 4 is 45.0 Å². The normalized spacial score (nSPS) is 13.9. The molecule has 0 rings (SSSR count). The minimum absolute atomic E-state index is 0.159. The Morgan fingerprint density at radius 2 is 0.968 bits per heavy atom. The number of aliphatic hydroxyl groups is 2. The first-order valence-electron chi connectivity index (χ1n) is 10.5. The maximum absolute atomic E-state index is 10.1. The van der Waals surface area contributed by atoms with E-state index in [2.05, 4.69) is 13.8 Å². The van der Waals surface area contributed by atoms with Crippen molar-refractivity contribution < 1.29 is 49.8 Å². The first-order valence-corrected chi connectivity index (χ1v) is 16.2. The fraction of sp³-hybridized carbons (Fsp3) is 0.800. The van der Waals surface area contributed by atoms with Crippen LogP contribution >= 0.6 is 0 Å². The quantitative estimate of drug-likeness (QED) is 0.161. The van der Waals surface area contributed by atoms with E-state index in [-0.39, 0.29) is 34.0 Å². The van der Waals surface area contributed by atoms with Crippen LogP contribution in [0.25, 0.3) is 0 Å². The zero-order chi connectivity index (χ0) is 25.1. The molecule has 0 aromatic rings. The molecule has 0 saturated carbocycles. The molecule has 0 fully saturated rings. The molecule has 0 spiro atoms. The van der Waals surface area contributed by atoms with Gasteiger partial charge in [0.25, 0.3) is 0 Å². The summed E-state index contributed by atoms with van der Waals surface area (Å²) in [7, 11) is 0. The first kappa shape index (κ1) is 34.2. The van der Waals surface area contributed by atoms with Crippen molar-refractivity contribution in [3.05, 3.63) is 0 Å². The number of aliphatic carboxylic acids is 4. The predicted octanol–water partition coefficient (Wildman–Crippen LogP) is -3.37. The fourth-order valence-corrected chi connectivity index (χ4v) is 8.07. The van der Waals surface area contributed by atoms with E-state index in [9.17, 15) is 39.6 Å². The summed E-state index contributed by atoms with van der Waals surface area (Å²) in [4.78, 5) is 40.1. The molecule has 0 aliphatic carbocycles. The zero-order valence-electron chi connectivity index (χ0n) is 18.9. The number of carbonyl (C=O) groups excluding carboxylic acids is 4. The van der Waals surface area contributed by atoms with Crippen molar-refractivity contribution in [3.63, 3.8) is 0 Å². The molecule has 0 amide bonds. The Bertz CT molecular complexity index is 494. The van der Waals surface area contributed by atoms with Crippen LogP contribution in [0.1, 0.15) is 79.1 Å². The summed E-state index contributed by atoms with van der Waals surface area (Å²) in [5.74, 6) is -6.80. The molecule has 2 atom stereocenters. The van der Waals surface area contributed by atoms with Crippen molar-refractivity contribution in [1.29, 1.82) is 0 Å². The molecule has 0 saturated heterocycles. The Kier molecular flexibility index (Phi) is 21.3. The van der Waals surface area contributed by atoms with E-state index in [1.807, 2.05) is 0 Å². The van der Waals surface area contributed by atoms with Crippen molar-refractivity contribution in [2.45, 2.75) is 99.1 Å². The van der Waals surface area contributed by atoms with Gasteiger partial charge in [0, 0.05) is 24.8 Å². The Hall–Kier alpha value is -1.40. The van der Waals surface area contributed by atoms with Crippen molar-refractivity contribution in [3.8, 4) is 0 Å². The fourth-order valence-electron chi connectivity index (χ4n) is 2.19. The van der Waals surface area contributed by atoms with E-state index in [4.69, 9.17) is 10.2 Å². The molecule has 0 bridgehead atoms. The molecule has 0 aliphatic heterocycles. The summed E-state index contributed by atoms with van der Waals surface area (Å²) in [5.41, 5.74) is -4.59. The van der Waals surface area contributed by atoms with Crippen molar-refractivity contribution in [2.75, 3.05) is 0 Å². The van der Waals surface area contributed by atoms with Crippen LogP contribution in [0.5, 0.6) is 0 Å². The molecule has 0 aromatic carbocycles. The van der Waals surface area contributed by atoms with E-state index < -0.39 is 47.9 Å². The second-order valence-electron chi connectivity index (χ2n) is 7.21. The van der Waals surface area contributed by atoms with E-state index in [0.29, 0.717) is 0 Å². The monoisotopic (exact) mass is 556 g/mol. The molecule has 31 heavy (non-hydrogen) atoms. The molecule has 180 valence electrons. The third-order valence-electron chi connectivity index (χ3n) is 4.51. The van der Waals surface area contributed by atoms with Crippen LogP contribution in [0.2, 0.25) is 8.87 Å². The van der Waals surface area contributed by atoms with Crippen LogP contribution in [0.4, 0.5) is 0 Å². The number of rotatable bonds is 14. The van der Waals surface area contributed by atoms with E-state index in [0.717, 1.165) is 0 Å². The number of carbonyl (C=O) groups is 4. The molecule has 10 nitrogen and oxygen atoms in total. The zero-order valence-corrected chi connectivity index (χ0v) is 23.0. The van der Waals surface area contributed by atoms with Gasteiger partial charge in [0.1, 0.15) is 11.2 Å². The van der Waals surface area contributed by atoms with Crippen LogP contribution in [-0.2, 0) is 19.2 Å². The van der Waals surface area contributed by atoms with Crippen LogP contribution in [-0.4, -0.2) is 66.4 Å². The summed E-state index contributed by atoms with van der Waals surface area (Å²) in [6.45, 7) is 7.29. The maximum atomic E-state index is 10.1. The number of carboxylic acids is 4. The molecule has 11 heteroatoms. The van der Waals surface area contributed by atoms with Gasteiger partial charge in [-0.2, -0.15) is 0 Å². The van der Waals surface area contributed by atoms with Gasteiger partial charge in [-0.3, -0.25) is 0 Å². The first-order chi connectivity index (χ1) is 14.3. The van der Waals surface area contributed by atoms with E-state index in [1.54, 1.807) is 8.87 Å². The molecule has 0 heterocycles. The van der Waals surface area contributed by atoms with Gasteiger partial charge in [0.2, 0.25) is 0 Å². The van der Waals surface area contributed by atoms with Gasteiger partial charge in [-0.15, -0.1) is 0 Å². The van der Waals surface area contributed by atoms with Gasteiger partial charge in [-0.25, -0.2) is 0 Å². The number of carboxylic acid groups (broad SMARTS) is 4. The van der Waals surface area contributed by atoms with Crippen LogP contribution in [0, 0.1) is 0 Å². The van der Waals surface area contributed by atoms with Gasteiger partial charge < -0.3 is 49.8 Å². The van der Waals surface area contributed by atoms with Gasteiger partial charge >= 0.3 is 69.5 Å². The van der Waals surface area contributed by atoms with Crippen LogP contribution in [0.15, 0.2) is 0 Å². The average Bonchev–Trinajstić information content (AvgIpc) is 2.67. The molecule has 4 radical (unpaired) electrons. The molecular weight excluding hydrogens is 519 g/mol. The summed E-state index contributed by atoms with van der Waals surface area (Å²) in [5, 5.41) is 58.1. The second kappa shape index (κ2) is 19.3. The Labute approximate surface area is 193 Å². The average molecular weight is 555 g/mol. The van der Waals surface area contributed by atoms with Gasteiger partial charge in [-0.1, -0.05) is 13.8 Å². The SMILES string of the molecule is CCC(O)(CC(=O)[O-])C(=O)[O-].CCC(O)(CC(=O)[O-])C(=O)[O-].CCC[CH2][SnH2+4][CH2]CCC. The van der Waals surface area contributed by atoms with Crippen molar-refractivity contribution in [2.24, 2.45) is 0 Å². The number of hydrogen-bond donors (Lipinski definition) is 2. The third-order valence-corrected chi connectivity index (χ3v) is 10.2. The summed E-state index contributed by atoms with van der Waals surface area (Å²) in [6, 6.07) is 0. The third kappa shape index (κ3) is 19.0. The van der Waals surface area contributed by atoms with Crippen molar-refractivity contribution in [1.82, 2.24) is 0 Å². The minimum atomic E-state index is -2.29. The topological polar surface area (TPSA) is 201 Å². The van der Waals surface area contributed by atoms with E-state index in [1.165, 1.54) is 39.5 Å². The predicted molar refractivity (Wildman–Crippen MR) is 108 cm³/mol. The molecule has 0 aromatic heterocycles. The van der Waals surface area contributed by atoms with Gasteiger partial charge in [0.15, 0.2) is 0 Å². The van der Waals surface area contributed by atoms with Crippen LogP contribution < -0.4 is 20.4 Å². The van der Waals surface area contributed by atoms with Gasteiger partial charge in [0.05, 0.1) is 11.9 Å². The standard InChI is InChI=1S/2C6H10O5.2C4H9.Sn.2H/c2*1-2-6(11,5(9)10)3-4(7)8;2*1-3-4-2;;;/h2*11H,2-3H2,1H3,(H,7,8)(H,9,10);2*1,3-4H2,2H3;;;/q;;;;+4;;/p-4. The summed E-state index contributed by atoms with van der Waals surface area (Å²) < 4.78 is 3.33. The molecular formula is C20H36O10Sn. The van der Waals surface area contributed by atoms with Gasteiger partial charge in [-0.05, 0) is 12.8 Å². The Morgan fingerprint density at radius 1 is 0.677 bits per heavy atom. The number of hydrogen-bond acceptors (Lipinski definition) is 10. The Balaban J connectivity index is -0.000000382. The van der Waals surface area contributed by atoms with Crippen LogP contribution in [0.3, 0.4) is 0 Å².